The summed E-state index contributed by atoms with van der Waals surface area (Å²) in [6, 6.07) is 4.61. The van der Waals surface area contributed by atoms with Crippen molar-refractivity contribution in [2.24, 2.45) is 0 Å². The highest BCUT2D eigenvalue weighted by Crippen LogP contribution is 2.46. The smallest absolute Gasteiger partial charge is 0.168 e. The van der Waals surface area contributed by atoms with E-state index in [1.165, 1.54) is 34.4 Å². The van der Waals surface area contributed by atoms with E-state index in [2.05, 4.69) is 46.8 Å². The van der Waals surface area contributed by atoms with Gasteiger partial charge in [0.15, 0.2) is 5.78 Å². The average molecular weight is 359 g/mol. The molecule has 0 radical (unpaired) electrons. The standard InChI is InChI=1S/C23H35NO2/c1-6-17-15-19-20(23(4,5)9-8-22(19,2)3)16-18(17)21(25)7-10-24-11-13-26-14-12-24/h15-16H,6-14H2,1-5H3/p+1. The number of aryl methyl sites for hydroxylation is 1. The van der Waals surface area contributed by atoms with E-state index in [9.17, 15) is 4.79 Å². The van der Waals surface area contributed by atoms with Gasteiger partial charge in [-0.05, 0) is 52.8 Å². The van der Waals surface area contributed by atoms with Crippen LogP contribution < -0.4 is 4.90 Å². The zero-order valence-corrected chi connectivity index (χ0v) is 17.3. The zero-order chi connectivity index (χ0) is 18.9. The molecule has 0 amide bonds. The Labute approximate surface area is 159 Å². The first kappa shape index (κ1) is 19.6. The number of carbonyl (C=O) groups excluding carboxylic acids is 1. The van der Waals surface area contributed by atoms with Gasteiger partial charge in [0.25, 0.3) is 0 Å². The van der Waals surface area contributed by atoms with E-state index in [0.29, 0.717) is 12.2 Å². The van der Waals surface area contributed by atoms with Crippen molar-refractivity contribution in [3.8, 4) is 0 Å². The van der Waals surface area contributed by atoms with Gasteiger partial charge >= 0.3 is 0 Å². The second-order valence-electron chi connectivity index (χ2n) is 9.46. The number of morpholine rings is 1. The van der Waals surface area contributed by atoms with Gasteiger partial charge in [-0.1, -0.05) is 40.7 Å². The summed E-state index contributed by atoms with van der Waals surface area (Å²) in [5.41, 5.74) is 5.42. The van der Waals surface area contributed by atoms with Crippen molar-refractivity contribution in [2.45, 2.75) is 71.1 Å². The molecule has 0 atom stereocenters. The number of nitrogens with one attached hydrogen (secondary N) is 1. The van der Waals surface area contributed by atoms with Gasteiger partial charge in [0.05, 0.1) is 26.2 Å². The molecule has 1 heterocycles. The van der Waals surface area contributed by atoms with Crippen LogP contribution in [-0.4, -0.2) is 38.6 Å². The Morgan fingerprint density at radius 1 is 1.04 bits per heavy atom. The predicted octanol–water partition coefficient (Wildman–Crippen LogP) is 3.09. The van der Waals surface area contributed by atoms with Gasteiger partial charge < -0.3 is 9.64 Å². The van der Waals surface area contributed by atoms with Crippen LogP contribution in [0.3, 0.4) is 0 Å². The lowest BCUT2D eigenvalue weighted by Gasteiger charge is -2.42. The minimum Gasteiger partial charge on any atom is -0.370 e. The Kier molecular flexibility index (Phi) is 5.60. The Balaban J connectivity index is 1.88. The summed E-state index contributed by atoms with van der Waals surface area (Å²) in [5.74, 6) is 0.322. The summed E-state index contributed by atoms with van der Waals surface area (Å²) in [5, 5.41) is 0. The van der Waals surface area contributed by atoms with Crippen molar-refractivity contribution in [2.75, 3.05) is 32.8 Å². The molecule has 3 heteroatoms. The average Bonchev–Trinajstić information content (AvgIpc) is 2.63. The largest absolute Gasteiger partial charge is 0.370 e. The molecule has 1 aliphatic heterocycles. The number of fused-ring (bicyclic) bond motifs is 1. The van der Waals surface area contributed by atoms with Crippen LogP contribution >= 0.6 is 0 Å². The molecule has 0 unspecified atom stereocenters. The molecule has 0 bridgehead atoms. The van der Waals surface area contributed by atoms with Gasteiger partial charge in [0, 0.05) is 5.56 Å². The third kappa shape index (κ3) is 3.89. The van der Waals surface area contributed by atoms with Crippen LogP contribution in [-0.2, 0) is 22.0 Å². The van der Waals surface area contributed by atoms with E-state index in [1.807, 2.05) is 0 Å². The summed E-state index contributed by atoms with van der Waals surface area (Å²) in [6.45, 7) is 16.2. The van der Waals surface area contributed by atoms with Crippen molar-refractivity contribution in [1.82, 2.24) is 0 Å². The summed E-state index contributed by atoms with van der Waals surface area (Å²) in [7, 11) is 0. The van der Waals surface area contributed by atoms with Crippen molar-refractivity contribution < 1.29 is 14.4 Å². The Bertz CT molecular complexity index is 669. The Hall–Kier alpha value is -1.19. The van der Waals surface area contributed by atoms with Gasteiger partial charge in [-0.25, -0.2) is 0 Å². The number of hydrogen-bond donors (Lipinski definition) is 1. The molecule has 3 nitrogen and oxygen atoms in total. The number of quaternary nitrogens is 1. The van der Waals surface area contributed by atoms with Crippen LogP contribution in [0.5, 0.6) is 0 Å². The molecule has 0 aromatic heterocycles. The van der Waals surface area contributed by atoms with Crippen molar-refractivity contribution in [1.29, 1.82) is 0 Å². The summed E-state index contributed by atoms with van der Waals surface area (Å²) < 4.78 is 5.43. The van der Waals surface area contributed by atoms with Crippen LogP contribution in [0.1, 0.15) is 80.9 Å². The van der Waals surface area contributed by atoms with Gasteiger partial charge in [0.1, 0.15) is 13.1 Å². The lowest BCUT2D eigenvalue weighted by Crippen LogP contribution is -3.14. The third-order valence-electron chi connectivity index (χ3n) is 6.66. The van der Waals surface area contributed by atoms with Gasteiger partial charge in [-0.3, -0.25) is 4.79 Å². The zero-order valence-electron chi connectivity index (χ0n) is 17.3. The molecule has 1 aromatic carbocycles. The molecule has 1 aromatic rings. The van der Waals surface area contributed by atoms with Crippen LogP contribution in [0.4, 0.5) is 0 Å². The number of carbonyl (C=O) groups is 1. The molecule has 1 aliphatic carbocycles. The minimum atomic E-state index is 0.154. The van der Waals surface area contributed by atoms with Crippen molar-refractivity contribution in [3.05, 3.63) is 34.4 Å². The molecule has 1 saturated heterocycles. The second-order valence-corrected chi connectivity index (χ2v) is 9.46. The highest BCUT2D eigenvalue weighted by Gasteiger charge is 2.38. The summed E-state index contributed by atoms with van der Waals surface area (Å²) >= 11 is 0. The van der Waals surface area contributed by atoms with Crippen LogP contribution in [0.25, 0.3) is 0 Å². The number of benzene rings is 1. The minimum absolute atomic E-state index is 0.154. The molecule has 26 heavy (non-hydrogen) atoms. The molecular formula is C23H36NO2+. The summed E-state index contributed by atoms with van der Waals surface area (Å²) in [4.78, 5) is 14.6. The lowest BCUT2D eigenvalue weighted by molar-refractivity contribution is -0.907. The lowest BCUT2D eigenvalue weighted by atomic mass is 9.62. The first-order valence-electron chi connectivity index (χ1n) is 10.4. The molecule has 2 aliphatic rings. The Morgan fingerprint density at radius 2 is 1.62 bits per heavy atom. The quantitative estimate of drug-likeness (QED) is 0.820. The summed E-state index contributed by atoms with van der Waals surface area (Å²) in [6.07, 6.45) is 3.97. The fraction of sp³-hybridized carbons (Fsp3) is 0.696. The molecule has 0 spiro atoms. The first-order chi connectivity index (χ1) is 12.2. The van der Waals surface area contributed by atoms with E-state index in [-0.39, 0.29) is 10.8 Å². The third-order valence-corrected chi connectivity index (χ3v) is 6.66. The van der Waals surface area contributed by atoms with E-state index in [1.54, 1.807) is 0 Å². The first-order valence-corrected chi connectivity index (χ1v) is 10.4. The van der Waals surface area contributed by atoms with Gasteiger partial charge in [0.2, 0.25) is 0 Å². The maximum absolute atomic E-state index is 13.1. The normalized spacial score (nSPS) is 22.0. The van der Waals surface area contributed by atoms with E-state index in [4.69, 9.17) is 4.74 Å². The fourth-order valence-corrected chi connectivity index (χ4v) is 4.55. The van der Waals surface area contributed by atoms with Crippen LogP contribution in [0.15, 0.2) is 12.1 Å². The van der Waals surface area contributed by atoms with E-state index >= 15 is 0 Å². The number of hydrogen-bond acceptors (Lipinski definition) is 2. The maximum Gasteiger partial charge on any atom is 0.168 e. The van der Waals surface area contributed by atoms with Crippen LogP contribution in [0, 0.1) is 0 Å². The van der Waals surface area contributed by atoms with Gasteiger partial charge in [-0.2, -0.15) is 0 Å². The van der Waals surface area contributed by atoms with Crippen LogP contribution in [0.2, 0.25) is 0 Å². The van der Waals surface area contributed by atoms with E-state index in [0.717, 1.165) is 44.8 Å². The second kappa shape index (κ2) is 7.44. The number of ketones is 1. The highest BCUT2D eigenvalue weighted by molar-refractivity contribution is 5.98. The monoisotopic (exact) mass is 358 g/mol. The van der Waals surface area contributed by atoms with Crippen molar-refractivity contribution >= 4 is 5.78 Å². The SMILES string of the molecule is CCc1cc2c(cc1C(=O)CC[NH+]1CCOCC1)C(C)(C)CCC2(C)C. The van der Waals surface area contributed by atoms with E-state index < -0.39 is 0 Å². The van der Waals surface area contributed by atoms with Crippen molar-refractivity contribution in [3.63, 3.8) is 0 Å². The molecule has 1 fully saturated rings. The molecule has 0 saturated carbocycles. The predicted molar refractivity (Wildman–Crippen MR) is 106 cm³/mol. The molecule has 1 N–H and O–H groups in total. The topological polar surface area (TPSA) is 30.7 Å². The number of ether oxygens (including phenoxy) is 1. The Morgan fingerprint density at radius 3 is 2.19 bits per heavy atom. The molecule has 144 valence electrons. The highest BCUT2D eigenvalue weighted by atomic mass is 16.5. The number of rotatable bonds is 5. The molecule has 3 rings (SSSR count). The molecular weight excluding hydrogens is 322 g/mol. The fourth-order valence-electron chi connectivity index (χ4n) is 4.55. The van der Waals surface area contributed by atoms with Gasteiger partial charge in [-0.15, -0.1) is 0 Å². The maximum atomic E-state index is 13.1. The number of Topliss-reactive ketones (excluding diaryl/α,β-unsaturated/α-hetero) is 1.